The van der Waals surface area contributed by atoms with Crippen molar-refractivity contribution >= 4 is 27.7 Å². The number of nitrogens with two attached hydrogens (primary N) is 1. The molecule has 0 atom stereocenters. The highest BCUT2D eigenvalue weighted by molar-refractivity contribution is 9.10. The Balaban J connectivity index is 1.68. The molecular weight excluding hydrogens is 308 g/mol. The number of nitrogens with one attached hydrogen (secondary N) is 2. The van der Waals surface area contributed by atoms with E-state index >= 15 is 0 Å². The van der Waals surface area contributed by atoms with E-state index in [4.69, 9.17) is 5.84 Å². The van der Waals surface area contributed by atoms with Gasteiger partial charge in [0.25, 0.3) is 5.91 Å². The van der Waals surface area contributed by atoms with Gasteiger partial charge in [0.2, 0.25) is 0 Å². The number of anilines is 1. The summed E-state index contributed by atoms with van der Waals surface area (Å²) in [7, 11) is 0. The monoisotopic (exact) mass is 324 g/mol. The minimum atomic E-state index is -0.117. The van der Waals surface area contributed by atoms with Crippen LogP contribution in [0.3, 0.4) is 0 Å². The van der Waals surface area contributed by atoms with E-state index in [-0.39, 0.29) is 5.91 Å². The molecule has 0 aromatic carbocycles. The first-order chi connectivity index (χ1) is 9.14. The van der Waals surface area contributed by atoms with E-state index in [1.807, 2.05) is 0 Å². The van der Waals surface area contributed by atoms with Gasteiger partial charge in [-0.05, 0) is 59.0 Å². The molecule has 4 N–H and O–H groups in total. The zero-order valence-electron chi connectivity index (χ0n) is 10.6. The molecule has 0 bridgehead atoms. The molecule has 1 aromatic rings. The van der Waals surface area contributed by atoms with Gasteiger partial charge in [-0.1, -0.05) is 0 Å². The number of carbonyl (C=O) groups is 1. The summed E-state index contributed by atoms with van der Waals surface area (Å²) in [6, 6.07) is 1.73. The van der Waals surface area contributed by atoms with Gasteiger partial charge in [0, 0.05) is 17.2 Å². The Morgan fingerprint density at radius 1 is 1.53 bits per heavy atom. The van der Waals surface area contributed by atoms with Crippen LogP contribution >= 0.6 is 15.9 Å². The summed E-state index contributed by atoms with van der Waals surface area (Å²) in [4.78, 5) is 16.3. The lowest BCUT2D eigenvalue weighted by Crippen LogP contribution is -2.32. The second-order valence-electron chi connectivity index (χ2n) is 5.51. The predicted octanol–water partition coefficient (Wildman–Crippen LogP) is 2.05. The highest BCUT2D eigenvalue weighted by Gasteiger charge is 2.53. The Morgan fingerprint density at radius 2 is 2.26 bits per heavy atom. The van der Waals surface area contributed by atoms with Gasteiger partial charge in [0.15, 0.2) is 5.82 Å². The molecule has 0 spiro atoms. The van der Waals surface area contributed by atoms with Gasteiger partial charge in [-0.2, -0.15) is 0 Å². The van der Waals surface area contributed by atoms with Gasteiger partial charge in [0.05, 0.1) is 5.56 Å². The van der Waals surface area contributed by atoms with E-state index in [9.17, 15) is 4.79 Å². The molecule has 2 aliphatic rings. The van der Waals surface area contributed by atoms with Crippen LogP contribution in [-0.2, 0) is 0 Å². The fraction of sp³-hybridized carbons (Fsp3) is 0.538. The SMILES string of the molecule is NNc1ncc(Br)cc1C(=O)NCC1(C2CC2)CC1. The number of carbonyl (C=O) groups excluding carboxylic acids is 1. The fourth-order valence-corrected chi connectivity index (χ4v) is 3.00. The molecule has 0 radical (unpaired) electrons. The van der Waals surface area contributed by atoms with Gasteiger partial charge in [0.1, 0.15) is 0 Å². The van der Waals surface area contributed by atoms with Crippen molar-refractivity contribution in [1.29, 1.82) is 0 Å². The minimum Gasteiger partial charge on any atom is -0.351 e. The first kappa shape index (κ1) is 12.9. The van der Waals surface area contributed by atoms with E-state index in [2.05, 4.69) is 31.7 Å². The van der Waals surface area contributed by atoms with Crippen molar-refractivity contribution in [2.45, 2.75) is 25.7 Å². The summed E-state index contributed by atoms with van der Waals surface area (Å²) in [6.07, 6.45) is 6.75. The third-order valence-electron chi connectivity index (χ3n) is 4.17. The van der Waals surface area contributed by atoms with Crippen LogP contribution in [0.5, 0.6) is 0 Å². The summed E-state index contributed by atoms with van der Waals surface area (Å²) in [5.41, 5.74) is 3.33. The summed E-state index contributed by atoms with van der Waals surface area (Å²) in [5.74, 6) is 6.50. The fourth-order valence-electron chi connectivity index (χ4n) is 2.66. The highest BCUT2D eigenvalue weighted by atomic mass is 79.9. The van der Waals surface area contributed by atoms with Gasteiger partial charge >= 0.3 is 0 Å². The second kappa shape index (κ2) is 4.76. The smallest absolute Gasteiger partial charge is 0.255 e. The van der Waals surface area contributed by atoms with Crippen molar-refractivity contribution in [2.75, 3.05) is 12.0 Å². The lowest BCUT2D eigenvalue weighted by Gasteiger charge is -2.16. The number of rotatable bonds is 5. The van der Waals surface area contributed by atoms with E-state index in [0.29, 0.717) is 16.8 Å². The number of hydrogen-bond donors (Lipinski definition) is 3. The van der Waals surface area contributed by atoms with Crippen LogP contribution in [0, 0.1) is 11.3 Å². The molecule has 19 heavy (non-hydrogen) atoms. The number of aromatic nitrogens is 1. The van der Waals surface area contributed by atoms with E-state index in [0.717, 1.165) is 16.9 Å². The summed E-state index contributed by atoms with van der Waals surface area (Å²) in [6.45, 7) is 0.771. The number of pyridine rings is 1. The first-order valence-corrected chi connectivity index (χ1v) is 7.34. The quantitative estimate of drug-likeness (QED) is 0.572. The Labute approximate surface area is 120 Å². The number of nitrogens with zero attached hydrogens (tertiary/aromatic N) is 1. The summed E-state index contributed by atoms with van der Waals surface area (Å²) < 4.78 is 0.764. The van der Waals surface area contributed by atoms with Crippen LogP contribution in [0.4, 0.5) is 5.82 Å². The van der Waals surface area contributed by atoms with Crippen LogP contribution in [0.25, 0.3) is 0 Å². The maximum atomic E-state index is 12.2. The van der Waals surface area contributed by atoms with Crippen molar-refractivity contribution < 1.29 is 4.79 Å². The minimum absolute atomic E-state index is 0.117. The predicted molar refractivity (Wildman–Crippen MR) is 76.5 cm³/mol. The van der Waals surface area contributed by atoms with Crippen LogP contribution < -0.4 is 16.6 Å². The average Bonchev–Trinajstić information content (AvgIpc) is 3.28. The molecule has 1 aromatic heterocycles. The molecule has 2 fully saturated rings. The largest absolute Gasteiger partial charge is 0.351 e. The van der Waals surface area contributed by atoms with Crippen LogP contribution in [0.1, 0.15) is 36.0 Å². The van der Waals surface area contributed by atoms with Crippen molar-refractivity contribution in [3.05, 3.63) is 22.3 Å². The highest BCUT2D eigenvalue weighted by Crippen LogP contribution is 2.60. The molecule has 1 amide bonds. The zero-order valence-corrected chi connectivity index (χ0v) is 12.2. The number of amides is 1. The third kappa shape index (κ3) is 2.60. The van der Waals surface area contributed by atoms with Gasteiger partial charge in [-0.15, -0.1) is 0 Å². The lowest BCUT2D eigenvalue weighted by atomic mass is 10.0. The molecular formula is C13H17BrN4O. The Morgan fingerprint density at radius 3 is 2.84 bits per heavy atom. The van der Waals surface area contributed by atoms with Crippen LogP contribution in [-0.4, -0.2) is 17.4 Å². The molecule has 0 aliphatic heterocycles. The Kier molecular flexibility index (Phi) is 3.22. The van der Waals surface area contributed by atoms with E-state index in [1.165, 1.54) is 25.7 Å². The topological polar surface area (TPSA) is 80.0 Å². The Hall–Kier alpha value is -1.14. The van der Waals surface area contributed by atoms with Crippen molar-refractivity contribution in [2.24, 2.45) is 17.2 Å². The molecule has 102 valence electrons. The third-order valence-corrected chi connectivity index (χ3v) is 4.61. The van der Waals surface area contributed by atoms with Crippen molar-refractivity contribution in [3.8, 4) is 0 Å². The first-order valence-electron chi connectivity index (χ1n) is 6.55. The maximum absolute atomic E-state index is 12.2. The number of hydrogen-bond acceptors (Lipinski definition) is 4. The molecule has 6 heteroatoms. The van der Waals surface area contributed by atoms with Crippen molar-refractivity contribution in [1.82, 2.24) is 10.3 Å². The number of hydrazine groups is 1. The molecule has 3 rings (SSSR count). The number of halogens is 1. The zero-order chi connectivity index (χ0) is 13.5. The molecule has 2 saturated carbocycles. The molecule has 2 aliphatic carbocycles. The van der Waals surface area contributed by atoms with E-state index < -0.39 is 0 Å². The van der Waals surface area contributed by atoms with Crippen LogP contribution in [0.15, 0.2) is 16.7 Å². The normalized spacial score (nSPS) is 19.9. The van der Waals surface area contributed by atoms with Gasteiger partial charge in [-0.25, -0.2) is 10.8 Å². The maximum Gasteiger partial charge on any atom is 0.255 e. The summed E-state index contributed by atoms with van der Waals surface area (Å²) in [5, 5.41) is 3.03. The standard InChI is InChI=1S/C13H17BrN4O/c14-9-5-10(11(18-15)16-6-9)12(19)17-7-13(3-4-13)8-1-2-8/h5-6,8H,1-4,7,15H2,(H,16,18)(H,17,19). The average molecular weight is 325 g/mol. The lowest BCUT2D eigenvalue weighted by molar-refractivity contribution is 0.0943. The van der Waals surface area contributed by atoms with Gasteiger partial charge < -0.3 is 10.7 Å². The molecule has 5 nitrogen and oxygen atoms in total. The summed E-state index contributed by atoms with van der Waals surface area (Å²) >= 11 is 3.32. The molecule has 0 saturated heterocycles. The van der Waals surface area contributed by atoms with Crippen molar-refractivity contribution in [3.63, 3.8) is 0 Å². The molecule has 1 heterocycles. The van der Waals surface area contributed by atoms with Gasteiger partial charge in [-0.3, -0.25) is 4.79 Å². The molecule has 0 unspecified atom stereocenters. The number of nitrogen functional groups attached to an aromatic ring is 1. The van der Waals surface area contributed by atoms with Crippen LogP contribution in [0.2, 0.25) is 0 Å². The Bertz CT molecular complexity index is 511. The van der Waals surface area contributed by atoms with E-state index in [1.54, 1.807) is 12.3 Å². The second-order valence-corrected chi connectivity index (χ2v) is 6.43.